The molecule has 3 rings (SSSR count). The summed E-state index contributed by atoms with van der Waals surface area (Å²) in [6.45, 7) is 3.30. The number of nitrogens with zero attached hydrogens (tertiary/aromatic N) is 1. The van der Waals surface area contributed by atoms with Crippen molar-refractivity contribution in [2.45, 2.75) is 25.9 Å². The number of thiophene rings is 1. The maximum Gasteiger partial charge on any atom is 0.0771 e. The zero-order valence-corrected chi connectivity index (χ0v) is 12.8. The highest BCUT2D eigenvalue weighted by Gasteiger charge is 2.16. The van der Waals surface area contributed by atoms with E-state index in [0.29, 0.717) is 6.42 Å². The Labute approximate surface area is 130 Å². The molecule has 1 aromatic carbocycles. The van der Waals surface area contributed by atoms with Crippen LogP contribution in [-0.2, 0) is 19.5 Å². The standard InChI is InChI=1S/C18H19NOS/c20-12-4-3-7-17-8-9-18(21-17)14-19-11-10-15-5-1-2-6-16(15)13-19/h1-2,5-6,8-9,20H,4,10-14H2. The molecule has 0 saturated carbocycles. The summed E-state index contributed by atoms with van der Waals surface area (Å²) in [4.78, 5) is 4.96. The fraction of sp³-hybridized carbons (Fsp3) is 0.333. The molecule has 0 radical (unpaired) electrons. The van der Waals surface area contributed by atoms with E-state index in [4.69, 9.17) is 5.11 Å². The number of fused-ring (bicyclic) bond motifs is 1. The SMILES string of the molecule is OCCC#Cc1ccc(CN2CCc3ccccc3C2)s1. The van der Waals surface area contributed by atoms with Crippen molar-refractivity contribution >= 4 is 11.3 Å². The largest absolute Gasteiger partial charge is 0.395 e. The molecule has 0 fully saturated rings. The highest BCUT2D eigenvalue weighted by atomic mass is 32.1. The number of aliphatic hydroxyl groups is 1. The summed E-state index contributed by atoms with van der Waals surface area (Å²) in [7, 11) is 0. The molecule has 0 unspecified atom stereocenters. The Morgan fingerprint density at radius 2 is 2.00 bits per heavy atom. The molecular formula is C18H19NOS. The smallest absolute Gasteiger partial charge is 0.0771 e. The third kappa shape index (κ3) is 3.74. The number of aliphatic hydroxyl groups excluding tert-OH is 1. The van der Waals surface area contributed by atoms with Crippen molar-refractivity contribution in [3.8, 4) is 11.8 Å². The zero-order valence-electron chi connectivity index (χ0n) is 12.0. The first-order chi connectivity index (χ1) is 10.3. The zero-order chi connectivity index (χ0) is 14.5. The minimum absolute atomic E-state index is 0.137. The fourth-order valence-corrected chi connectivity index (χ4v) is 3.57. The van der Waals surface area contributed by atoms with E-state index < -0.39 is 0 Å². The van der Waals surface area contributed by atoms with Crippen molar-refractivity contribution in [2.75, 3.05) is 13.2 Å². The van der Waals surface area contributed by atoms with Gasteiger partial charge in [-0.1, -0.05) is 36.1 Å². The Morgan fingerprint density at radius 3 is 2.86 bits per heavy atom. The van der Waals surface area contributed by atoms with Crippen LogP contribution in [0.1, 0.15) is 27.3 Å². The van der Waals surface area contributed by atoms with Crippen molar-refractivity contribution in [3.63, 3.8) is 0 Å². The number of hydrogen-bond acceptors (Lipinski definition) is 3. The number of benzene rings is 1. The first kappa shape index (κ1) is 14.3. The van der Waals surface area contributed by atoms with Crippen LogP contribution in [0.15, 0.2) is 36.4 Å². The molecule has 0 saturated heterocycles. The maximum atomic E-state index is 8.74. The maximum absolute atomic E-state index is 8.74. The van der Waals surface area contributed by atoms with Gasteiger partial charge in [0, 0.05) is 30.9 Å². The molecule has 1 N–H and O–H groups in total. The fourth-order valence-electron chi connectivity index (χ4n) is 2.65. The van der Waals surface area contributed by atoms with Crippen molar-refractivity contribution in [2.24, 2.45) is 0 Å². The van der Waals surface area contributed by atoms with Crippen molar-refractivity contribution in [1.29, 1.82) is 0 Å². The van der Waals surface area contributed by atoms with Gasteiger partial charge < -0.3 is 5.11 Å². The second kappa shape index (κ2) is 6.91. The van der Waals surface area contributed by atoms with Gasteiger partial charge in [-0.15, -0.1) is 11.3 Å². The molecule has 1 aliphatic heterocycles. The highest BCUT2D eigenvalue weighted by Crippen LogP contribution is 2.23. The topological polar surface area (TPSA) is 23.5 Å². The molecule has 0 bridgehead atoms. The van der Waals surface area contributed by atoms with Gasteiger partial charge in [-0.05, 0) is 29.7 Å². The molecule has 0 aliphatic carbocycles. The van der Waals surface area contributed by atoms with Gasteiger partial charge in [-0.2, -0.15) is 0 Å². The molecule has 2 nitrogen and oxygen atoms in total. The van der Waals surface area contributed by atoms with Crippen LogP contribution in [-0.4, -0.2) is 23.2 Å². The van der Waals surface area contributed by atoms with Crippen LogP contribution < -0.4 is 0 Å². The van der Waals surface area contributed by atoms with Gasteiger partial charge in [-0.3, -0.25) is 4.90 Å². The summed E-state index contributed by atoms with van der Waals surface area (Å²) in [5.41, 5.74) is 2.96. The summed E-state index contributed by atoms with van der Waals surface area (Å²) < 4.78 is 0. The second-order valence-electron chi connectivity index (χ2n) is 5.27. The van der Waals surface area contributed by atoms with Gasteiger partial charge >= 0.3 is 0 Å². The van der Waals surface area contributed by atoms with E-state index in [0.717, 1.165) is 30.9 Å². The molecule has 108 valence electrons. The number of hydrogen-bond donors (Lipinski definition) is 1. The van der Waals surface area contributed by atoms with E-state index in [-0.39, 0.29) is 6.61 Å². The normalized spacial score (nSPS) is 14.3. The van der Waals surface area contributed by atoms with Gasteiger partial charge in [0.2, 0.25) is 0 Å². The number of rotatable bonds is 3. The van der Waals surface area contributed by atoms with Crippen molar-refractivity contribution in [3.05, 3.63) is 57.3 Å². The monoisotopic (exact) mass is 297 g/mol. The Balaban J connectivity index is 1.62. The van der Waals surface area contributed by atoms with Crippen LogP contribution in [0.25, 0.3) is 0 Å². The quantitative estimate of drug-likeness (QED) is 0.880. The lowest BCUT2D eigenvalue weighted by atomic mass is 10.00. The van der Waals surface area contributed by atoms with Gasteiger partial charge in [0.15, 0.2) is 0 Å². The molecular weight excluding hydrogens is 278 g/mol. The minimum Gasteiger partial charge on any atom is -0.395 e. The van der Waals surface area contributed by atoms with Gasteiger partial charge in [0.1, 0.15) is 0 Å². The van der Waals surface area contributed by atoms with Crippen LogP contribution >= 0.6 is 11.3 Å². The predicted molar refractivity (Wildman–Crippen MR) is 87.2 cm³/mol. The first-order valence-corrected chi connectivity index (χ1v) is 8.14. The summed E-state index contributed by atoms with van der Waals surface area (Å²) in [6.07, 6.45) is 1.70. The van der Waals surface area contributed by atoms with Crippen molar-refractivity contribution < 1.29 is 5.11 Å². The summed E-state index contributed by atoms with van der Waals surface area (Å²) in [5.74, 6) is 6.09. The molecule has 0 atom stereocenters. The Hall–Kier alpha value is -1.60. The molecule has 2 aromatic rings. The Morgan fingerprint density at radius 1 is 1.14 bits per heavy atom. The molecule has 0 spiro atoms. The lowest BCUT2D eigenvalue weighted by molar-refractivity contribution is 0.248. The van der Waals surface area contributed by atoms with Crippen LogP contribution in [0, 0.1) is 11.8 Å². The van der Waals surface area contributed by atoms with E-state index in [1.165, 1.54) is 16.0 Å². The van der Waals surface area contributed by atoms with E-state index in [2.05, 4.69) is 53.1 Å². The average molecular weight is 297 g/mol. The van der Waals surface area contributed by atoms with Crippen molar-refractivity contribution in [1.82, 2.24) is 4.90 Å². The lowest BCUT2D eigenvalue weighted by Gasteiger charge is -2.28. The third-order valence-electron chi connectivity index (χ3n) is 3.70. The molecule has 1 aromatic heterocycles. The van der Waals surface area contributed by atoms with Crippen LogP contribution in [0.5, 0.6) is 0 Å². The molecule has 1 aliphatic rings. The van der Waals surface area contributed by atoms with E-state index in [9.17, 15) is 0 Å². The van der Waals surface area contributed by atoms with E-state index in [1.807, 2.05) is 0 Å². The molecule has 0 amide bonds. The molecule has 3 heteroatoms. The summed E-state index contributed by atoms with van der Waals surface area (Å²) >= 11 is 1.76. The molecule has 2 heterocycles. The highest BCUT2D eigenvalue weighted by molar-refractivity contribution is 7.12. The Bertz CT molecular complexity index is 665. The van der Waals surface area contributed by atoms with Gasteiger partial charge in [0.05, 0.1) is 11.5 Å². The van der Waals surface area contributed by atoms with Crippen LogP contribution in [0.2, 0.25) is 0 Å². The summed E-state index contributed by atoms with van der Waals surface area (Å²) in [5, 5.41) is 8.74. The summed E-state index contributed by atoms with van der Waals surface area (Å²) in [6, 6.07) is 13.0. The first-order valence-electron chi connectivity index (χ1n) is 7.33. The van der Waals surface area contributed by atoms with E-state index in [1.54, 1.807) is 11.3 Å². The van der Waals surface area contributed by atoms with Gasteiger partial charge in [0.25, 0.3) is 0 Å². The predicted octanol–water partition coefficient (Wildman–Crippen LogP) is 3.04. The van der Waals surface area contributed by atoms with Crippen LogP contribution in [0.4, 0.5) is 0 Å². The van der Waals surface area contributed by atoms with Crippen LogP contribution in [0.3, 0.4) is 0 Å². The third-order valence-corrected chi connectivity index (χ3v) is 4.68. The lowest BCUT2D eigenvalue weighted by Crippen LogP contribution is -2.29. The average Bonchev–Trinajstić information content (AvgIpc) is 2.95. The van der Waals surface area contributed by atoms with Gasteiger partial charge in [-0.25, -0.2) is 0 Å². The minimum atomic E-state index is 0.137. The Kier molecular flexibility index (Phi) is 4.72. The molecule has 21 heavy (non-hydrogen) atoms. The second-order valence-corrected chi connectivity index (χ2v) is 6.44. The van der Waals surface area contributed by atoms with E-state index >= 15 is 0 Å².